The van der Waals surface area contributed by atoms with Crippen molar-refractivity contribution in [3.8, 4) is 0 Å². The molecule has 1 atom stereocenters. The van der Waals surface area contributed by atoms with Crippen molar-refractivity contribution in [3.05, 3.63) is 70.1 Å². The van der Waals surface area contributed by atoms with Crippen LogP contribution in [0.1, 0.15) is 36.1 Å². The maximum Gasteiger partial charge on any atom is 0.323 e. The highest BCUT2D eigenvalue weighted by molar-refractivity contribution is 6.30. The molecule has 4 rings (SSSR count). The van der Waals surface area contributed by atoms with E-state index in [9.17, 15) is 18.8 Å². The van der Waals surface area contributed by atoms with Crippen LogP contribution < -0.4 is 16.4 Å². The molecule has 9 heteroatoms. The van der Waals surface area contributed by atoms with Crippen molar-refractivity contribution in [2.24, 2.45) is 11.7 Å². The van der Waals surface area contributed by atoms with Gasteiger partial charge in [-0.1, -0.05) is 54.8 Å². The van der Waals surface area contributed by atoms with Crippen molar-refractivity contribution in [3.63, 3.8) is 0 Å². The van der Waals surface area contributed by atoms with Crippen molar-refractivity contribution >= 4 is 40.3 Å². The molecule has 0 radical (unpaired) electrons. The highest BCUT2D eigenvalue weighted by Crippen LogP contribution is 2.33. The van der Waals surface area contributed by atoms with Gasteiger partial charge in [-0.25, -0.2) is 9.18 Å². The monoisotopic (exact) mass is 484 g/mol. The number of primary amides is 1. The molecule has 1 aliphatic carbocycles. The van der Waals surface area contributed by atoms with Gasteiger partial charge in [0.05, 0.1) is 17.0 Å². The summed E-state index contributed by atoms with van der Waals surface area (Å²) in [7, 11) is 0. The summed E-state index contributed by atoms with van der Waals surface area (Å²) in [6, 6.07) is 10.5. The summed E-state index contributed by atoms with van der Waals surface area (Å²) in [6.07, 6.45) is 2.52. The largest absolute Gasteiger partial charge is 0.351 e. The van der Waals surface area contributed by atoms with Crippen LogP contribution >= 0.6 is 11.6 Å². The first kappa shape index (κ1) is 23.8. The molecule has 3 aromatic rings. The fraction of sp³-hybridized carbons (Fsp3) is 0.320. The SMILES string of the molecule is Cc1c(CC(=O)N[C@@H](CC2CC2)C(=O)NCc2cccc(Cl)c2F)c2ccccc2n1C(N)=O. The van der Waals surface area contributed by atoms with Crippen LogP contribution in [0.3, 0.4) is 0 Å². The Balaban J connectivity index is 1.48. The Kier molecular flexibility index (Phi) is 6.88. The lowest BCUT2D eigenvalue weighted by molar-refractivity contribution is -0.129. The van der Waals surface area contributed by atoms with E-state index in [1.165, 1.54) is 10.6 Å². The number of nitrogens with one attached hydrogen (secondary N) is 2. The number of halogens is 2. The van der Waals surface area contributed by atoms with E-state index in [2.05, 4.69) is 10.6 Å². The molecular weight excluding hydrogens is 459 g/mol. The molecule has 0 bridgehead atoms. The van der Waals surface area contributed by atoms with Crippen LogP contribution in [0.25, 0.3) is 10.9 Å². The van der Waals surface area contributed by atoms with E-state index >= 15 is 0 Å². The lowest BCUT2D eigenvalue weighted by Gasteiger charge is -2.19. The van der Waals surface area contributed by atoms with Crippen LogP contribution in [0.4, 0.5) is 9.18 Å². The van der Waals surface area contributed by atoms with Gasteiger partial charge in [-0.05, 0) is 37.0 Å². The van der Waals surface area contributed by atoms with Gasteiger partial charge >= 0.3 is 6.03 Å². The highest BCUT2D eigenvalue weighted by atomic mass is 35.5. The van der Waals surface area contributed by atoms with Crippen LogP contribution in [0.2, 0.25) is 5.02 Å². The first-order valence-corrected chi connectivity index (χ1v) is 11.5. The van der Waals surface area contributed by atoms with Gasteiger partial charge in [-0.2, -0.15) is 0 Å². The van der Waals surface area contributed by atoms with Crippen molar-refractivity contribution in [1.29, 1.82) is 0 Å². The third-order valence-corrected chi connectivity index (χ3v) is 6.49. The average Bonchev–Trinajstić information content (AvgIpc) is 3.57. The second-order valence-electron chi connectivity index (χ2n) is 8.66. The Hall–Kier alpha value is -3.39. The van der Waals surface area contributed by atoms with E-state index < -0.39 is 17.9 Å². The molecule has 4 N–H and O–H groups in total. The molecular formula is C25H26ClFN4O3. The lowest BCUT2D eigenvalue weighted by atomic mass is 10.1. The van der Waals surface area contributed by atoms with Gasteiger partial charge in [0.25, 0.3) is 0 Å². The second kappa shape index (κ2) is 9.85. The number of hydrogen-bond donors (Lipinski definition) is 3. The number of amides is 3. The fourth-order valence-corrected chi connectivity index (χ4v) is 4.45. The van der Waals surface area contributed by atoms with E-state index in [1.54, 1.807) is 31.2 Å². The number of hydrogen-bond acceptors (Lipinski definition) is 3. The van der Waals surface area contributed by atoms with Crippen molar-refractivity contribution < 1.29 is 18.8 Å². The number of aromatic nitrogens is 1. The number of nitrogens with two attached hydrogens (primary N) is 1. The van der Waals surface area contributed by atoms with E-state index in [1.807, 2.05) is 12.1 Å². The quantitative estimate of drug-likeness (QED) is 0.452. The molecule has 1 heterocycles. The van der Waals surface area contributed by atoms with Crippen LogP contribution in [0, 0.1) is 18.7 Å². The molecule has 178 valence electrons. The maximum absolute atomic E-state index is 14.2. The maximum atomic E-state index is 14.2. The molecule has 0 spiro atoms. The van der Waals surface area contributed by atoms with E-state index in [0.717, 1.165) is 18.2 Å². The predicted octanol–water partition coefficient (Wildman–Crippen LogP) is 3.81. The van der Waals surface area contributed by atoms with Crippen LogP contribution in [0.5, 0.6) is 0 Å². The summed E-state index contributed by atoms with van der Waals surface area (Å²) < 4.78 is 15.5. The molecule has 3 amide bonds. The third kappa shape index (κ3) is 5.07. The minimum absolute atomic E-state index is 0.00993. The lowest BCUT2D eigenvalue weighted by Crippen LogP contribution is -2.47. The van der Waals surface area contributed by atoms with Gasteiger partial charge in [-0.15, -0.1) is 0 Å². The molecule has 1 fully saturated rings. The molecule has 0 aliphatic heterocycles. The Morgan fingerprint density at radius 2 is 1.91 bits per heavy atom. The smallest absolute Gasteiger partial charge is 0.323 e. The van der Waals surface area contributed by atoms with Gasteiger partial charge in [0.15, 0.2) is 0 Å². The minimum atomic E-state index is -0.743. The van der Waals surface area contributed by atoms with Crippen LogP contribution in [-0.4, -0.2) is 28.5 Å². The van der Waals surface area contributed by atoms with Gasteiger partial charge in [0.1, 0.15) is 11.9 Å². The standard InChI is InChI=1S/C25H26ClFN4O3/c1-14-18(17-6-2-3-8-21(17)31(14)25(28)34)12-22(32)30-20(11-15-9-10-15)24(33)29-13-16-5-4-7-19(26)23(16)27/h2-8,15,20H,9-13H2,1H3,(H2,28,34)(H,29,33)(H,30,32)/t20-/m0/s1. The Morgan fingerprint density at radius 3 is 2.62 bits per heavy atom. The van der Waals surface area contributed by atoms with E-state index in [4.69, 9.17) is 17.3 Å². The number of carbonyl (C=O) groups excluding carboxylic acids is 3. The summed E-state index contributed by atoms with van der Waals surface area (Å²) in [5.41, 5.74) is 7.71. The molecule has 34 heavy (non-hydrogen) atoms. The van der Waals surface area contributed by atoms with Gasteiger partial charge < -0.3 is 16.4 Å². The number of benzene rings is 2. The van der Waals surface area contributed by atoms with Crippen molar-refractivity contribution in [2.75, 3.05) is 0 Å². The number of fused-ring (bicyclic) bond motifs is 1. The van der Waals surface area contributed by atoms with Gasteiger partial charge in [-0.3, -0.25) is 14.2 Å². The minimum Gasteiger partial charge on any atom is -0.351 e. The summed E-state index contributed by atoms with van der Waals surface area (Å²) in [5.74, 6) is -0.924. The first-order valence-electron chi connectivity index (χ1n) is 11.1. The predicted molar refractivity (Wildman–Crippen MR) is 128 cm³/mol. The van der Waals surface area contributed by atoms with E-state index in [-0.39, 0.29) is 35.4 Å². The second-order valence-corrected chi connectivity index (χ2v) is 9.07. The van der Waals surface area contributed by atoms with Gasteiger partial charge in [0, 0.05) is 23.2 Å². The third-order valence-electron chi connectivity index (χ3n) is 6.20. The van der Waals surface area contributed by atoms with Crippen molar-refractivity contribution in [2.45, 2.75) is 45.2 Å². The topological polar surface area (TPSA) is 106 Å². The summed E-state index contributed by atoms with van der Waals surface area (Å²) in [6.45, 7) is 1.70. The number of carbonyl (C=O) groups is 3. The molecule has 2 aromatic carbocycles. The van der Waals surface area contributed by atoms with Gasteiger partial charge in [0.2, 0.25) is 11.8 Å². The normalized spacial score (nSPS) is 14.1. The summed E-state index contributed by atoms with van der Waals surface area (Å²) >= 11 is 5.81. The Bertz CT molecular complexity index is 1270. The number of nitrogens with zero attached hydrogens (tertiary/aromatic N) is 1. The zero-order valence-corrected chi connectivity index (χ0v) is 19.5. The fourth-order valence-electron chi connectivity index (χ4n) is 4.26. The van der Waals surface area contributed by atoms with Crippen molar-refractivity contribution in [1.82, 2.24) is 15.2 Å². The van der Waals surface area contributed by atoms with E-state index in [0.29, 0.717) is 29.1 Å². The molecule has 0 unspecified atom stereocenters. The molecule has 1 aromatic heterocycles. The molecule has 1 saturated carbocycles. The average molecular weight is 485 g/mol. The zero-order valence-electron chi connectivity index (χ0n) is 18.7. The summed E-state index contributed by atoms with van der Waals surface area (Å²) in [5, 5.41) is 6.29. The Labute approximate surface area is 201 Å². The van der Waals surface area contributed by atoms with Crippen LogP contribution in [-0.2, 0) is 22.6 Å². The number of rotatable bonds is 8. The Morgan fingerprint density at radius 1 is 1.18 bits per heavy atom. The molecule has 1 aliphatic rings. The number of para-hydroxylation sites is 1. The zero-order chi connectivity index (χ0) is 24.4. The first-order chi connectivity index (χ1) is 16.3. The van der Waals surface area contributed by atoms with Crippen LogP contribution in [0.15, 0.2) is 42.5 Å². The molecule has 7 nitrogen and oxygen atoms in total. The highest BCUT2D eigenvalue weighted by Gasteiger charge is 2.31. The molecule has 0 saturated heterocycles. The summed E-state index contributed by atoms with van der Waals surface area (Å²) in [4.78, 5) is 37.8.